The molecule has 1 unspecified atom stereocenters. The van der Waals surface area contributed by atoms with Gasteiger partial charge < -0.3 is 10.2 Å². The summed E-state index contributed by atoms with van der Waals surface area (Å²) < 4.78 is 15.0. The second kappa shape index (κ2) is 8.79. The Hall–Kier alpha value is -2.99. The summed E-state index contributed by atoms with van der Waals surface area (Å²) in [5.74, 6) is -0.269. The van der Waals surface area contributed by atoms with Gasteiger partial charge in [-0.05, 0) is 42.5 Å². The van der Waals surface area contributed by atoms with E-state index in [9.17, 15) is 9.18 Å². The van der Waals surface area contributed by atoms with E-state index in [4.69, 9.17) is 0 Å². The molecule has 1 amide bonds. The Balaban J connectivity index is 1.45. The molecule has 0 bridgehead atoms. The van der Waals surface area contributed by atoms with Crippen molar-refractivity contribution < 1.29 is 9.18 Å². The fraction of sp³-hybridized carbons (Fsp3) is 0.333. The third kappa shape index (κ3) is 4.44. The molecule has 5 nitrogen and oxygen atoms in total. The summed E-state index contributed by atoms with van der Waals surface area (Å²) in [6, 6.07) is 16.8. The van der Waals surface area contributed by atoms with Crippen molar-refractivity contribution in [1.29, 1.82) is 0 Å². The third-order valence-corrected chi connectivity index (χ3v) is 5.77. The number of aryl methyl sites for hydroxylation is 1. The maximum atomic E-state index is 13.1. The van der Waals surface area contributed by atoms with Crippen molar-refractivity contribution in [2.45, 2.75) is 38.4 Å². The number of amides is 1. The van der Waals surface area contributed by atoms with Crippen molar-refractivity contribution in [2.75, 3.05) is 7.05 Å². The minimum atomic E-state index is -0.223. The van der Waals surface area contributed by atoms with E-state index in [0.29, 0.717) is 18.8 Å². The first-order valence-electron chi connectivity index (χ1n) is 10.3. The van der Waals surface area contributed by atoms with Gasteiger partial charge >= 0.3 is 0 Å². The van der Waals surface area contributed by atoms with E-state index in [-0.39, 0.29) is 17.8 Å². The Morgan fingerprint density at radius 3 is 2.63 bits per heavy atom. The SMILES string of the molecule is CN(Cc1ccccc1)C(=O)c1nn(C)c2c1CC(NCc1ccc(F)cc1)CC2. The highest BCUT2D eigenvalue weighted by Crippen LogP contribution is 2.25. The Morgan fingerprint density at radius 2 is 1.90 bits per heavy atom. The fourth-order valence-electron chi connectivity index (χ4n) is 4.11. The molecular weight excluding hydrogens is 379 g/mol. The maximum absolute atomic E-state index is 13.1. The zero-order valence-corrected chi connectivity index (χ0v) is 17.4. The highest BCUT2D eigenvalue weighted by Gasteiger charge is 2.29. The van der Waals surface area contributed by atoms with Gasteiger partial charge in [0.2, 0.25) is 0 Å². The van der Waals surface area contributed by atoms with E-state index in [1.54, 1.807) is 17.0 Å². The summed E-state index contributed by atoms with van der Waals surface area (Å²) in [5, 5.41) is 8.13. The van der Waals surface area contributed by atoms with Gasteiger partial charge in [0.1, 0.15) is 5.82 Å². The van der Waals surface area contributed by atoms with E-state index in [2.05, 4.69) is 10.4 Å². The Labute approximate surface area is 176 Å². The predicted molar refractivity (Wildman–Crippen MR) is 115 cm³/mol. The summed E-state index contributed by atoms with van der Waals surface area (Å²) in [5.41, 5.74) is 4.89. The molecule has 1 aliphatic rings. The number of benzene rings is 2. The molecule has 0 saturated heterocycles. The summed E-state index contributed by atoms with van der Waals surface area (Å²) >= 11 is 0. The number of nitrogens with one attached hydrogen (secondary N) is 1. The molecule has 2 aromatic carbocycles. The lowest BCUT2D eigenvalue weighted by Crippen LogP contribution is -2.35. The zero-order valence-electron chi connectivity index (χ0n) is 17.4. The molecule has 6 heteroatoms. The first-order chi connectivity index (χ1) is 14.5. The van der Waals surface area contributed by atoms with Crippen molar-refractivity contribution >= 4 is 5.91 Å². The monoisotopic (exact) mass is 406 g/mol. The van der Waals surface area contributed by atoms with E-state index >= 15 is 0 Å². The Kier molecular flexibility index (Phi) is 5.95. The lowest BCUT2D eigenvalue weighted by Gasteiger charge is -2.25. The first-order valence-corrected chi connectivity index (χ1v) is 10.3. The number of hydrogen-bond acceptors (Lipinski definition) is 3. The van der Waals surface area contributed by atoms with Crippen molar-refractivity contribution in [3.63, 3.8) is 0 Å². The van der Waals surface area contributed by atoms with Crippen LogP contribution in [0.15, 0.2) is 54.6 Å². The normalized spacial score (nSPS) is 15.6. The van der Waals surface area contributed by atoms with E-state index in [1.165, 1.54) is 12.1 Å². The summed E-state index contributed by atoms with van der Waals surface area (Å²) in [6.45, 7) is 1.23. The van der Waals surface area contributed by atoms with E-state index < -0.39 is 0 Å². The van der Waals surface area contributed by atoms with Crippen LogP contribution >= 0.6 is 0 Å². The summed E-state index contributed by atoms with van der Waals surface area (Å²) in [7, 11) is 3.74. The maximum Gasteiger partial charge on any atom is 0.274 e. The summed E-state index contributed by atoms with van der Waals surface area (Å²) in [4.78, 5) is 14.9. The third-order valence-electron chi connectivity index (χ3n) is 5.77. The van der Waals surface area contributed by atoms with Crippen LogP contribution in [-0.4, -0.2) is 33.7 Å². The molecule has 0 saturated carbocycles. The average Bonchev–Trinajstić information content (AvgIpc) is 3.09. The second-order valence-corrected chi connectivity index (χ2v) is 7.99. The molecule has 1 aromatic heterocycles. The van der Waals surface area contributed by atoms with E-state index in [0.717, 1.165) is 41.6 Å². The van der Waals surface area contributed by atoms with Gasteiger partial charge in [-0.25, -0.2) is 4.39 Å². The van der Waals surface area contributed by atoms with Crippen molar-refractivity contribution in [3.8, 4) is 0 Å². The first kappa shape index (κ1) is 20.3. The van der Waals surface area contributed by atoms with Crippen molar-refractivity contribution in [1.82, 2.24) is 20.0 Å². The zero-order chi connectivity index (χ0) is 21.1. The lowest BCUT2D eigenvalue weighted by atomic mass is 9.91. The standard InChI is InChI=1S/C24H27FN4O/c1-28(16-18-6-4-3-5-7-18)24(30)23-21-14-20(12-13-22(21)29(2)27-23)26-15-17-8-10-19(25)11-9-17/h3-11,20,26H,12-16H2,1-2H3. The van der Waals surface area contributed by atoms with Crippen LogP contribution in [0.3, 0.4) is 0 Å². The van der Waals surface area contributed by atoms with Crippen molar-refractivity contribution in [3.05, 3.63) is 88.5 Å². The molecule has 0 fully saturated rings. The quantitative estimate of drug-likeness (QED) is 0.682. The molecule has 1 N–H and O–H groups in total. The van der Waals surface area contributed by atoms with Crippen LogP contribution < -0.4 is 5.32 Å². The van der Waals surface area contributed by atoms with Gasteiger partial charge in [-0.3, -0.25) is 9.48 Å². The molecule has 156 valence electrons. The smallest absolute Gasteiger partial charge is 0.274 e. The minimum absolute atomic E-state index is 0.0464. The van der Waals surface area contributed by atoms with Crippen LogP contribution in [0.25, 0.3) is 0 Å². The molecular formula is C24H27FN4O. The summed E-state index contributed by atoms with van der Waals surface area (Å²) in [6.07, 6.45) is 2.64. The van der Waals surface area contributed by atoms with Crippen LogP contribution in [0.4, 0.5) is 4.39 Å². The van der Waals surface area contributed by atoms with Crippen LogP contribution in [-0.2, 0) is 33.0 Å². The largest absolute Gasteiger partial charge is 0.336 e. The predicted octanol–water partition coefficient (Wildman–Crippen LogP) is 3.48. The molecule has 1 aliphatic carbocycles. The van der Waals surface area contributed by atoms with Crippen molar-refractivity contribution in [2.24, 2.45) is 7.05 Å². The van der Waals surface area contributed by atoms with Gasteiger partial charge in [-0.15, -0.1) is 0 Å². The number of rotatable bonds is 6. The van der Waals surface area contributed by atoms with Crippen LogP contribution in [0.2, 0.25) is 0 Å². The lowest BCUT2D eigenvalue weighted by molar-refractivity contribution is 0.0777. The molecule has 30 heavy (non-hydrogen) atoms. The van der Waals surface area contributed by atoms with Gasteiger partial charge in [0.15, 0.2) is 5.69 Å². The molecule has 1 atom stereocenters. The second-order valence-electron chi connectivity index (χ2n) is 7.99. The average molecular weight is 407 g/mol. The van der Waals surface area contributed by atoms with Gasteiger partial charge in [0.05, 0.1) is 0 Å². The van der Waals surface area contributed by atoms with Gasteiger partial charge in [-0.2, -0.15) is 5.10 Å². The highest BCUT2D eigenvalue weighted by atomic mass is 19.1. The molecule has 4 rings (SSSR count). The van der Waals surface area contributed by atoms with Gasteiger partial charge in [0.25, 0.3) is 5.91 Å². The molecule has 0 aliphatic heterocycles. The number of fused-ring (bicyclic) bond motifs is 1. The fourth-order valence-corrected chi connectivity index (χ4v) is 4.11. The van der Waals surface area contributed by atoms with Crippen LogP contribution in [0.5, 0.6) is 0 Å². The molecule has 0 spiro atoms. The minimum Gasteiger partial charge on any atom is -0.336 e. The van der Waals surface area contributed by atoms with E-state index in [1.807, 2.05) is 49.1 Å². The number of nitrogens with zero attached hydrogens (tertiary/aromatic N) is 3. The number of hydrogen-bond donors (Lipinski definition) is 1. The number of carbonyl (C=O) groups is 1. The number of halogens is 1. The van der Waals surface area contributed by atoms with Crippen LogP contribution in [0.1, 0.15) is 39.3 Å². The molecule has 3 aromatic rings. The Morgan fingerprint density at radius 1 is 1.17 bits per heavy atom. The van der Waals surface area contributed by atoms with Gasteiger partial charge in [0, 0.05) is 44.5 Å². The molecule has 1 heterocycles. The topological polar surface area (TPSA) is 50.2 Å². The van der Waals surface area contributed by atoms with Crippen LogP contribution in [0, 0.1) is 5.82 Å². The van der Waals surface area contributed by atoms with Gasteiger partial charge in [-0.1, -0.05) is 42.5 Å². The Bertz CT molecular complexity index is 1010. The number of carbonyl (C=O) groups excluding carboxylic acids is 1. The molecule has 0 radical (unpaired) electrons. The number of aromatic nitrogens is 2. The highest BCUT2D eigenvalue weighted by molar-refractivity contribution is 5.94.